The number of methoxy groups -OCH3 is 2. The number of nitrogens with zero attached hydrogens (tertiary/aromatic N) is 1. The molecule has 194 valence electrons. The van der Waals surface area contributed by atoms with E-state index in [0.29, 0.717) is 22.2 Å². The minimum atomic E-state index is -1.07. The van der Waals surface area contributed by atoms with Gasteiger partial charge in [0.25, 0.3) is 0 Å². The molecule has 38 heavy (non-hydrogen) atoms. The Kier molecular flexibility index (Phi) is 7.09. The zero-order valence-electron chi connectivity index (χ0n) is 20.7. The third-order valence-corrected chi connectivity index (χ3v) is 6.66. The number of fused-ring (bicyclic) bond motifs is 3. The van der Waals surface area contributed by atoms with E-state index in [4.69, 9.17) is 25.8 Å². The first-order chi connectivity index (χ1) is 18.4. The molecule has 4 aromatic rings. The van der Waals surface area contributed by atoms with Crippen molar-refractivity contribution in [1.82, 2.24) is 4.57 Å². The maximum Gasteiger partial charge on any atom is 0.335 e. The highest BCUT2D eigenvalue weighted by molar-refractivity contribution is 6.30. The SMILES string of the molecule is COc1cccc(C2O[C@@H](CC(=O)Nc3cccc(C(=O)O)c3)c3cccn3-c3ccc(Cl)cc32)c1OC. The fourth-order valence-electron chi connectivity index (χ4n) is 4.76. The van der Waals surface area contributed by atoms with Gasteiger partial charge in [-0.05, 0) is 54.6 Å². The lowest BCUT2D eigenvalue weighted by atomic mass is 9.98. The van der Waals surface area contributed by atoms with Gasteiger partial charge < -0.3 is 29.2 Å². The van der Waals surface area contributed by atoms with Crippen molar-refractivity contribution >= 4 is 29.2 Å². The molecule has 0 saturated carbocycles. The van der Waals surface area contributed by atoms with Crippen molar-refractivity contribution in [1.29, 1.82) is 0 Å². The zero-order chi connectivity index (χ0) is 26.8. The second-order valence-electron chi connectivity index (χ2n) is 8.73. The second kappa shape index (κ2) is 10.6. The van der Waals surface area contributed by atoms with Crippen LogP contribution in [-0.4, -0.2) is 35.8 Å². The van der Waals surface area contributed by atoms with Crippen molar-refractivity contribution in [2.24, 2.45) is 0 Å². The third kappa shape index (κ3) is 4.83. The summed E-state index contributed by atoms with van der Waals surface area (Å²) in [6.45, 7) is 0. The molecule has 2 heterocycles. The van der Waals surface area contributed by atoms with E-state index in [0.717, 1.165) is 22.5 Å². The van der Waals surface area contributed by atoms with Crippen molar-refractivity contribution in [2.45, 2.75) is 18.6 Å². The Bertz CT molecular complexity index is 1510. The molecule has 2 N–H and O–H groups in total. The number of halogens is 1. The first kappa shape index (κ1) is 25.4. The van der Waals surface area contributed by atoms with E-state index in [-0.39, 0.29) is 17.9 Å². The van der Waals surface area contributed by atoms with Gasteiger partial charge in [0.2, 0.25) is 5.91 Å². The number of aromatic nitrogens is 1. The van der Waals surface area contributed by atoms with Gasteiger partial charge in [-0.15, -0.1) is 0 Å². The van der Waals surface area contributed by atoms with Crippen LogP contribution in [0.25, 0.3) is 5.69 Å². The Morgan fingerprint density at radius 3 is 2.58 bits per heavy atom. The predicted molar refractivity (Wildman–Crippen MR) is 143 cm³/mol. The highest BCUT2D eigenvalue weighted by Crippen LogP contribution is 2.46. The standard InChI is InChI=1S/C29H25ClN2O6/c1-36-24-10-4-8-20(28(24)37-2)27-21-15-18(30)11-12-22(21)32-13-5-9-23(32)25(38-27)16-26(33)31-19-7-3-6-17(14-19)29(34)35/h3-15,25,27H,16H2,1-2H3,(H,31,33)(H,34,35)/t25-,27?/m0/s1. The summed E-state index contributed by atoms with van der Waals surface area (Å²) in [5.74, 6) is -0.331. The number of nitrogens with one attached hydrogen (secondary N) is 1. The molecule has 9 heteroatoms. The number of hydrogen-bond acceptors (Lipinski definition) is 5. The van der Waals surface area contributed by atoms with E-state index in [2.05, 4.69) is 5.32 Å². The molecule has 1 aromatic heterocycles. The molecule has 3 aromatic carbocycles. The Morgan fingerprint density at radius 1 is 1.00 bits per heavy atom. The van der Waals surface area contributed by atoms with Crippen molar-refractivity contribution in [2.75, 3.05) is 19.5 Å². The number of hydrogen-bond donors (Lipinski definition) is 2. The summed E-state index contributed by atoms with van der Waals surface area (Å²) in [5.41, 5.74) is 3.65. The summed E-state index contributed by atoms with van der Waals surface area (Å²) in [6.07, 6.45) is 0.602. The number of amides is 1. The summed E-state index contributed by atoms with van der Waals surface area (Å²) >= 11 is 6.44. The van der Waals surface area contributed by atoms with Gasteiger partial charge >= 0.3 is 5.97 Å². The number of carbonyl (C=O) groups excluding carboxylic acids is 1. The van der Waals surface area contributed by atoms with E-state index in [9.17, 15) is 14.7 Å². The largest absolute Gasteiger partial charge is 0.493 e. The van der Waals surface area contributed by atoms with Crippen LogP contribution < -0.4 is 14.8 Å². The molecule has 0 spiro atoms. The molecule has 1 aliphatic heterocycles. The van der Waals surface area contributed by atoms with Gasteiger partial charge in [-0.3, -0.25) is 4.79 Å². The monoisotopic (exact) mass is 532 g/mol. The number of carboxylic acids is 1. The van der Waals surface area contributed by atoms with E-state index >= 15 is 0 Å². The van der Waals surface area contributed by atoms with Crippen LogP contribution in [0.4, 0.5) is 5.69 Å². The number of anilines is 1. The lowest BCUT2D eigenvalue weighted by molar-refractivity contribution is -0.120. The molecule has 0 bridgehead atoms. The number of rotatable bonds is 7. The number of ether oxygens (including phenoxy) is 3. The summed E-state index contributed by atoms with van der Waals surface area (Å²) in [4.78, 5) is 24.5. The van der Waals surface area contributed by atoms with Gasteiger partial charge in [-0.25, -0.2) is 4.79 Å². The maximum absolute atomic E-state index is 13.2. The van der Waals surface area contributed by atoms with E-state index in [1.54, 1.807) is 32.4 Å². The van der Waals surface area contributed by atoms with Crippen LogP contribution in [-0.2, 0) is 9.53 Å². The number of carbonyl (C=O) groups is 2. The average molecular weight is 533 g/mol. The molecular weight excluding hydrogens is 508 g/mol. The first-order valence-corrected chi connectivity index (χ1v) is 12.2. The second-order valence-corrected chi connectivity index (χ2v) is 9.17. The van der Waals surface area contributed by atoms with Crippen molar-refractivity contribution in [3.63, 3.8) is 0 Å². The summed E-state index contributed by atoms with van der Waals surface area (Å²) < 4.78 is 19.9. The first-order valence-electron chi connectivity index (χ1n) is 11.9. The van der Waals surface area contributed by atoms with E-state index in [1.807, 2.05) is 53.2 Å². The smallest absolute Gasteiger partial charge is 0.335 e. The minimum absolute atomic E-state index is 0.0220. The number of aromatic carboxylic acids is 1. The van der Waals surface area contributed by atoms with Crippen LogP contribution in [0.1, 0.15) is 45.8 Å². The molecule has 0 radical (unpaired) electrons. The van der Waals surface area contributed by atoms with Crippen molar-refractivity contribution in [3.8, 4) is 17.2 Å². The Labute approximate surface area is 224 Å². The van der Waals surface area contributed by atoms with E-state index < -0.39 is 18.2 Å². The zero-order valence-corrected chi connectivity index (χ0v) is 21.4. The van der Waals surface area contributed by atoms with Crippen molar-refractivity contribution < 1.29 is 28.9 Å². The minimum Gasteiger partial charge on any atom is -0.493 e. The molecular formula is C29H25ClN2O6. The van der Waals surface area contributed by atoms with Gasteiger partial charge in [-0.2, -0.15) is 0 Å². The third-order valence-electron chi connectivity index (χ3n) is 6.42. The number of para-hydroxylation sites is 1. The Balaban J connectivity index is 1.55. The topological polar surface area (TPSA) is 99.0 Å². The number of benzene rings is 3. The summed E-state index contributed by atoms with van der Waals surface area (Å²) in [5, 5.41) is 12.6. The molecule has 0 fully saturated rings. The molecule has 1 unspecified atom stereocenters. The van der Waals surface area contributed by atoms with Gasteiger partial charge in [0.15, 0.2) is 11.5 Å². The fraction of sp³-hybridized carbons (Fsp3) is 0.172. The predicted octanol–water partition coefficient (Wildman–Crippen LogP) is 6.04. The van der Waals surface area contributed by atoms with Crippen LogP contribution in [0.3, 0.4) is 0 Å². The van der Waals surface area contributed by atoms with Crippen LogP contribution in [0, 0.1) is 0 Å². The van der Waals surface area contributed by atoms with Gasteiger partial charge in [0.1, 0.15) is 12.2 Å². The van der Waals surface area contributed by atoms with Crippen LogP contribution in [0.15, 0.2) is 79.0 Å². The lowest BCUT2D eigenvalue weighted by Gasteiger charge is -2.25. The normalized spacial score (nSPS) is 16.1. The molecule has 5 rings (SSSR count). The van der Waals surface area contributed by atoms with Gasteiger partial charge in [-0.1, -0.05) is 29.8 Å². The molecule has 1 aliphatic rings. The Morgan fingerprint density at radius 2 is 1.82 bits per heavy atom. The summed E-state index contributed by atoms with van der Waals surface area (Å²) in [7, 11) is 3.13. The molecule has 8 nitrogen and oxygen atoms in total. The van der Waals surface area contributed by atoms with Crippen LogP contribution >= 0.6 is 11.6 Å². The van der Waals surface area contributed by atoms with Crippen LogP contribution in [0.5, 0.6) is 11.5 Å². The summed E-state index contributed by atoms with van der Waals surface area (Å²) in [6, 6.07) is 21.0. The van der Waals surface area contributed by atoms with Gasteiger partial charge in [0, 0.05) is 28.0 Å². The highest BCUT2D eigenvalue weighted by Gasteiger charge is 2.34. The molecule has 2 atom stereocenters. The van der Waals surface area contributed by atoms with Crippen LogP contribution in [0.2, 0.25) is 5.02 Å². The maximum atomic E-state index is 13.2. The van der Waals surface area contributed by atoms with Crippen molar-refractivity contribution in [3.05, 3.63) is 106 Å². The highest BCUT2D eigenvalue weighted by atomic mass is 35.5. The quantitative estimate of drug-likeness (QED) is 0.301. The average Bonchev–Trinajstić information content (AvgIpc) is 3.36. The van der Waals surface area contributed by atoms with Gasteiger partial charge in [0.05, 0.1) is 37.6 Å². The van der Waals surface area contributed by atoms with E-state index in [1.165, 1.54) is 12.1 Å². The molecule has 0 aliphatic carbocycles. The fourth-order valence-corrected chi connectivity index (χ4v) is 4.94. The number of carboxylic acid groups (broad SMARTS) is 1. The Hall–Kier alpha value is -4.27. The molecule has 0 saturated heterocycles. The lowest BCUT2D eigenvalue weighted by Crippen LogP contribution is -2.19. The molecule has 1 amide bonds.